The average molecular weight is 463 g/mol. The Kier molecular flexibility index (Phi) is 4.61. The van der Waals surface area contributed by atoms with Gasteiger partial charge in [-0.15, -0.1) is 0 Å². The maximum atomic E-state index is 12.9. The van der Waals surface area contributed by atoms with Crippen molar-refractivity contribution < 1.29 is 32.6 Å². The molecule has 0 spiro atoms. The molecule has 2 aromatic rings. The number of aromatic carboxylic acids is 1. The van der Waals surface area contributed by atoms with Crippen molar-refractivity contribution in [2.75, 3.05) is 18.0 Å². The van der Waals surface area contributed by atoms with Crippen LogP contribution < -0.4 is 20.9 Å². The molecule has 1 saturated heterocycles. The summed E-state index contributed by atoms with van der Waals surface area (Å²) in [4.78, 5) is 40.4. The molecule has 1 aromatic heterocycles. The number of carboxylic acid groups (broad SMARTS) is 1. The molecule has 33 heavy (non-hydrogen) atoms. The number of H-pyrrole nitrogens is 1. The van der Waals surface area contributed by atoms with E-state index in [0.717, 1.165) is 24.3 Å². The van der Waals surface area contributed by atoms with Gasteiger partial charge in [0.1, 0.15) is 0 Å². The first kappa shape index (κ1) is 21.5. The van der Waals surface area contributed by atoms with Gasteiger partial charge in [-0.1, -0.05) is 13.0 Å². The summed E-state index contributed by atoms with van der Waals surface area (Å²) in [6, 6.07) is 5.80. The number of hydrogen-bond donors (Lipinski definition) is 3. The van der Waals surface area contributed by atoms with Gasteiger partial charge in [-0.3, -0.25) is 4.79 Å². The third kappa shape index (κ3) is 3.38. The van der Waals surface area contributed by atoms with E-state index in [1.54, 1.807) is 13.0 Å². The summed E-state index contributed by atoms with van der Waals surface area (Å²) < 4.78 is 43.1. The zero-order valence-electron chi connectivity index (χ0n) is 17.4. The number of nitrogens with one attached hydrogen (secondary N) is 1. The number of esters is 1. The van der Waals surface area contributed by atoms with Gasteiger partial charge >= 0.3 is 18.1 Å². The van der Waals surface area contributed by atoms with Crippen LogP contribution in [0.2, 0.25) is 0 Å². The molecule has 4 atom stereocenters. The molecule has 1 saturated carbocycles. The Morgan fingerprint density at radius 1 is 1.24 bits per heavy atom. The molecule has 5 rings (SSSR count). The molecule has 174 valence electrons. The van der Waals surface area contributed by atoms with Crippen molar-refractivity contribution in [3.05, 3.63) is 45.2 Å². The van der Waals surface area contributed by atoms with E-state index in [2.05, 4.69) is 14.6 Å². The lowest BCUT2D eigenvalue weighted by atomic mass is 9.80. The Hall–Kier alpha value is -3.34. The molecule has 0 radical (unpaired) electrons. The maximum Gasteiger partial charge on any atom is 0.491 e. The minimum Gasteiger partial charge on any atom is -0.477 e. The highest BCUT2D eigenvalue weighted by Crippen LogP contribution is 2.48. The van der Waals surface area contributed by atoms with Crippen molar-refractivity contribution in [2.24, 2.45) is 17.6 Å². The third-order valence-electron chi connectivity index (χ3n) is 6.85. The van der Waals surface area contributed by atoms with Gasteiger partial charge < -0.3 is 25.5 Å². The minimum atomic E-state index is -5.35. The molecule has 0 amide bonds. The molecule has 1 aliphatic heterocycles. The van der Waals surface area contributed by atoms with Gasteiger partial charge in [-0.2, -0.15) is 13.2 Å². The van der Waals surface area contributed by atoms with Crippen LogP contribution in [0.25, 0.3) is 11.3 Å². The summed E-state index contributed by atoms with van der Waals surface area (Å²) in [6.07, 6.45) is -4.99. The van der Waals surface area contributed by atoms with E-state index >= 15 is 0 Å². The Morgan fingerprint density at radius 3 is 2.52 bits per heavy atom. The van der Waals surface area contributed by atoms with Gasteiger partial charge in [0.2, 0.25) is 0 Å². The first-order valence-corrected chi connectivity index (χ1v) is 10.4. The second-order valence-electron chi connectivity index (χ2n) is 8.90. The number of rotatable bonds is 3. The van der Waals surface area contributed by atoms with E-state index < -0.39 is 40.9 Å². The molecule has 1 aromatic carbocycles. The van der Waals surface area contributed by atoms with E-state index in [9.17, 15) is 32.7 Å². The Balaban J connectivity index is 1.60. The quantitative estimate of drug-likeness (QED) is 0.596. The van der Waals surface area contributed by atoms with Gasteiger partial charge in [0.05, 0.1) is 5.69 Å². The maximum absolute atomic E-state index is 12.9. The van der Waals surface area contributed by atoms with E-state index in [1.165, 1.54) is 0 Å². The van der Waals surface area contributed by atoms with Gasteiger partial charge in [-0.25, -0.2) is 9.59 Å². The summed E-state index contributed by atoms with van der Waals surface area (Å²) in [5.41, 5.74) is 6.41. The van der Waals surface area contributed by atoms with Gasteiger partial charge in [0.25, 0.3) is 5.56 Å². The van der Waals surface area contributed by atoms with Crippen molar-refractivity contribution in [1.29, 1.82) is 0 Å². The number of aromatic nitrogens is 1. The fraction of sp³-hybridized carbons (Fsp3) is 0.409. The van der Waals surface area contributed by atoms with Crippen LogP contribution in [0.5, 0.6) is 5.75 Å². The molecular formula is C22H20F3N3O5. The van der Waals surface area contributed by atoms with Crippen molar-refractivity contribution in [2.45, 2.75) is 31.5 Å². The summed E-state index contributed by atoms with van der Waals surface area (Å²) in [5.74, 6) is -4.79. The Morgan fingerprint density at radius 2 is 1.91 bits per heavy atom. The van der Waals surface area contributed by atoms with Crippen molar-refractivity contribution in [3.8, 4) is 17.0 Å². The first-order chi connectivity index (χ1) is 15.5. The third-order valence-corrected chi connectivity index (χ3v) is 6.85. The van der Waals surface area contributed by atoms with Crippen LogP contribution >= 0.6 is 0 Å². The Bertz CT molecular complexity index is 1240. The zero-order chi connectivity index (χ0) is 23.8. The molecule has 2 heterocycles. The molecule has 3 aliphatic rings. The monoisotopic (exact) mass is 463 g/mol. The normalized spacial score (nSPS) is 25.2. The smallest absolute Gasteiger partial charge is 0.477 e. The number of anilines is 1. The molecule has 2 aliphatic carbocycles. The number of carbonyl (C=O) groups is 2. The highest BCUT2D eigenvalue weighted by molar-refractivity contribution is 5.94. The number of halogens is 3. The number of nitrogens with zero attached hydrogens (tertiary/aromatic N) is 1. The molecular weight excluding hydrogens is 443 g/mol. The lowest BCUT2D eigenvalue weighted by molar-refractivity contribution is -0.189. The minimum absolute atomic E-state index is 0.0539. The number of benzene rings is 1. The topological polar surface area (TPSA) is 126 Å². The van der Waals surface area contributed by atoms with E-state index in [-0.39, 0.29) is 17.3 Å². The van der Waals surface area contributed by atoms with E-state index in [1.807, 2.05) is 12.1 Å². The van der Waals surface area contributed by atoms with Gasteiger partial charge in [-0.05, 0) is 41.9 Å². The number of carboxylic acids is 1. The zero-order valence-corrected chi connectivity index (χ0v) is 17.4. The molecule has 2 unspecified atom stereocenters. The SMILES string of the molecule is CC1Cc2cc(N3C[C@@H]4C(N)[C@@H]4C3)ccc2-c2[nH]c(=O)c(C(=O)O)c(OC(=O)C(F)(F)F)c21. The number of nitrogens with two attached hydrogens (primary N) is 1. The number of piperidine rings is 1. The van der Waals surface area contributed by atoms with Crippen LogP contribution in [0.1, 0.15) is 34.3 Å². The fourth-order valence-electron chi connectivity index (χ4n) is 5.13. The predicted octanol–water partition coefficient (Wildman–Crippen LogP) is 2.26. The molecule has 8 nitrogen and oxygen atoms in total. The number of carbonyl (C=O) groups excluding carboxylic acids is 1. The summed E-state index contributed by atoms with van der Waals surface area (Å²) >= 11 is 0. The Labute approximate surface area is 185 Å². The van der Waals surface area contributed by atoms with Crippen LogP contribution in [0.3, 0.4) is 0 Å². The molecule has 11 heteroatoms. The van der Waals surface area contributed by atoms with Crippen molar-refractivity contribution in [3.63, 3.8) is 0 Å². The second kappa shape index (κ2) is 7.08. The fourth-order valence-corrected chi connectivity index (χ4v) is 5.13. The highest BCUT2D eigenvalue weighted by atomic mass is 19.4. The van der Waals surface area contributed by atoms with Crippen LogP contribution in [-0.4, -0.2) is 47.3 Å². The molecule has 0 bridgehead atoms. The number of aromatic amines is 1. The molecule has 4 N–H and O–H groups in total. The van der Waals surface area contributed by atoms with Crippen LogP contribution in [0.15, 0.2) is 23.0 Å². The number of pyridine rings is 1. The van der Waals surface area contributed by atoms with Crippen LogP contribution in [0, 0.1) is 11.8 Å². The summed E-state index contributed by atoms with van der Waals surface area (Å²) in [7, 11) is 0. The second-order valence-corrected chi connectivity index (χ2v) is 8.90. The van der Waals surface area contributed by atoms with Crippen LogP contribution in [0.4, 0.5) is 18.9 Å². The lowest BCUT2D eigenvalue weighted by Crippen LogP contribution is -2.32. The average Bonchev–Trinajstić information content (AvgIpc) is 3.11. The summed E-state index contributed by atoms with van der Waals surface area (Å²) in [5, 5.41) is 9.44. The first-order valence-electron chi connectivity index (χ1n) is 10.4. The van der Waals surface area contributed by atoms with E-state index in [4.69, 9.17) is 5.73 Å². The largest absolute Gasteiger partial charge is 0.491 e. The highest BCUT2D eigenvalue weighted by Gasteiger charge is 2.53. The number of fused-ring (bicyclic) bond motifs is 4. The van der Waals surface area contributed by atoms with Gasteiger partial charge in [0.15, 0.2) is 11.3 Å². The van der Waals surface area contributed by atoms with Gasteiger partial charge in [0, 0.05) is 35.9 Å². The molecule has 2 fully saturated rings. The predicted molar refractivity (Wildman–Crippen MR) is 110 cm³/mol. The number of alkyl halides is 3. The number of hydrogen-bond acceptors (Lipinski definition) is 6. The summed E-state index contributed by atoms with van der Waals surface area (Å²) in [6.45, 7) is 3.38. The van der Waals surface area contributed by atoms with E-state index in [0.29, 0.717) is 23.8 Å². The number of ether oxygens (including phenoxy) is 1. The van der Waals surface area contributed by atoms with Crippen molar-refractivity contribution in [1.82, 2.24) is 4.98 Å². The van der Waals surface area contributed by atoms with Crippen LogP contribution in [-0.2, 0) is 11.2 Å². The van der Waals surface area contributed by atoms with Crippen molar-refractivity contribution >= 4 is 17.6 Å². The lowest BCUT2D eigenvalue weighted by Gasteiger charge is -2.29. The standard InChI is InChI=1S/C22H20F3N3O5/c1-8-4-9-5-10(28-6-12-13(7-28)16(12)26)2-3-11(9)17-14(8)18(33-21(32)22(23,24)25)15(20(30)31)19(29)27-17/h2-3,5,8,12-13,16H,4,6-7,26H2,1H3,(H,27,29)(H,30,31)/t8?,12-,13+,16?.